The van der Waals surface area contributed by atoms with E-state index < -0.39 is 0 Å². The molecule has 2 aromatic heterocycles. The Labute approximate surface area is 141 Å². The van der Waals surface area contributed by atoms with Crippen LogP contribution >= 0.6 is 0 Å². The van der Waals surface area contributed by atoms with Crippen LogP contribution < -0.4 is 10.1 Å². The molecule has 2 aromatic rings. The standard InChI is InChI=1S/C17H22N4O3/c1-21-11-13(10-20-21)15-12(5-4-8-24-15)9-19-16(22)14-6-3-7-18-17(14)23-2/h3,6-7,10-12,15H,4-5,8-9H2,1-2H3,(H,19,22)/t12-,15+/m0/s1. The van der Waals surface area contributed by atoms with Crippen LogP contribution in [-0.4, -0.2) is 40.9 Å². The molecule has 1 aliphatic rings. The minimum atomic E-state index is -0.185. The summed E-state index contributed by atoms with van der Waals surface area (Å²) in [4.78, 5) is 16.5. The first-order valence-electron chi connectivity index (χ1n) is 8.06. The largest absolute Gasteiger partial charge is 0.480 e. The molecule has 0 spiro atoms. The quantitative estimate of drug-likeness (QED) is 0.903. The number of rotatable bonds is 5. The van der Waals surface area contributed by atoms with E-state index in [9.17, 15) is 4.79 Å². The molecule has 0 aromatic carbocycles. The van der Waals surface area contributed by atoms with Crippen molar-refractivity contribution < 1.29 is 14.3 Å². The minimum absolute atomic E-state index is 0.0384. The number of carbonyl (C=O) groups excluding carboxylic acids is 1. The number of carbonyl (C=O) groups is 1. The van der Waals surface area contributed by atoms with Gasteiger partial charge in [0.1, 0.15) is 5.56 Å². The molecule has 7 heteroatoms. The summed E-state index contributed by atoms with van der Waals surface area (Å²) in [6.07, 6.45) is 7.35. The van der Waals surface area contributed by atoms with Gasteiger partial charge in [-0.2, -0.15) is 5.10 Å². The number of nitrogens with one attached hydrogen (secondary N) is 1. The minimum Gasteiger partial charge on any atom is -0.480 e. The molecule has 1 N–H and O–H groups in total. The average molecular weight is 330 g/mol. The maximum Gasteiger partial charge on any atom is 0.256 e. The van der Waals surface area contributed by atoms with Crippen LogP contribution in [0, 0.1) is 5.92 Å². The molecule has 7 nitrogen and oxygen atoms in total. The molecule has 0 unspecified atom stereocenters. The molecular formula is C17H22N4O3. The lowest BCUT2D eigenvalue weighted by Gasteiger charge is -2.31. The van der Waals surface area contributed by atoms with Gasteiger partial charge in [-0.15, -0.1) is 0 Å². The first kappa shape index (κ1) is 16.4. The Hall–Kier alpha value is -2.41. The highest BCUT2D eigenvalue weighted by Gasteiger charge is 2.29. The summed E-state index contributed by atoms with van der Waals surface area (Å²) in [5.41, 5.74) is 1.49. The van der Waals surface area contributed by atoms with Gasteiger partial charge in [-0.1, -0.05) is 0 Å². The third-order valence-corrected chi connectivity index (χ3v) is 4.23. The second-order valence-electron chi connectivity index (χ2n) is 5.91. The lowest BCUT2D eigenvalue weighted by Crippen LogP contribution is -2.35. The number of hydrogen-bond donors (Lipinski definition) is 1. The molecule has 1 saturated heterocycles. The van der Waals surface area contributed by atoms with Gasteiger partial charge in [0, 0.05) is 44.1 Å². The predicted octanol–water partition coefficient (Wildman–Crippen LogP) is 1.72. The number of amides is 1. The monoisotopic (exact) mass is 330 g/mol. The van der Waals surface area contributed by atoms with Crippen molar-refractivity contribution in [3.8, 4) is 5.88 Å². The lowest BCUT2D eigenvalue weighted by atomic mass is 9.91. The first-order valence-corrected chi connectivity index (χ1v) is 8.06. The molecule has 3 rings (SSSR count). The molecule has 24 heavy (non-hydrogen) atoms. The summed E-state index contributed by atoms with van der Waals surface area (Å²) in [6, 6.07) is 3.43. The van der Waals surface area contributed by atoms with Gasteiger partial charge in [0.25, 0.3) is 5.91 Å². The topological polar surface area (TPSA) is 78.3 Å². The molecule has 3 heterocycles. The molecule has 1 aliphatic heterocycles. The lowest BCUT2D eigenvalue weighted by molar-refractivity contribution is -0.0273. The second-order valence-corrected chi connectivity index (χ2v) is 5.91. The number of hydrogen-bond acceptors (Lipinski definition) is 5. The zero-order valence-electron chi connectivity index (χ0n) is 13.9. The van der Waals surface area contributed by atoms with Crippen molar-refractivity contribution in [2.45, 2.75) is 18.9 Å². The maximum atomic E-state index is 12.4. The Bertz CT molecular complexity index is 701. The predicted molar refractivity (Wildman–Crippen MR) is 87.7 cm³/mol. The van der Waals surface area contributed by atoms with E-state index >= 15 is 0 Å². The van der Waals surface area contributed by atoms with Gasteiger partial charge in [0.2, 0.25) is 5.88 Å². The third kappa shape index (κ3) is 3.56. The molecule has 128 valence electrons. The second kappa shape index (κ2) is 7.44. The van der Waals surface area contributed by atoms with Crippen LogP contribution in [0.4, 0.5) is 0 Å². The van der Waals surface area contributed by atoms with Crippen molar-refractivity contribution >= 4 is 5.91 Å². The summed E-state index contributed by atoms with van der Waals surface area (Å²) < 4.78 is 12.8. The van der Waals surface area contributed by atoms with Crippen molar-refractivity contribution in [2.24, 2.45) is 13.0 Å². The Balaban J connectivity index is 1.66. The fraction of sp³-hybridized carbons (Fsp3) is 0.471. The smallest absolute Gasteiger partial charge is 0.256 e. The van der Waals surface area contributed by atoms with Crippen LogP contribution in [-0.2, 0) is 11.8 Å². The van der Waals surface area contributed by atoms with Gasteiger partial charge in [0.05, 0.1) is 19.4 Å². The molecular weight excluding hydrogens is 308 g/mol. The number of ether oxygens (including phenoxy) is 2. The van der Waals surface area contributed by atoms with Crippen LogP contribution in [0.2, 0.25) is 0 Å². The van der Waals surface area contributed by atoms with Gasteiger partial charge < -0.3 is 14.8 Å². The van der Waals surface area contributed by atoms with E-state index in [0.717, 1.165) is 25.0 Å². The fourth-order valence-corrected chi connectivity index (χ4v) is 3.05. The van der Waals surface area contributed by atoms with Crippen LogP contribution in [0.25, 0.3) is 0 Å². The fourth-order valence-electron chi connectivity index (χ4n) is 3.05. The number of methoxy groups -OCH3 is 1. The molecule has 1 fully saturated rings. The Morgan fingerprint density at radius 3 is 3.17 bits per heavy atom. The zero-order valence-corrected chi connectivity index (χ0v) is 13.9. The normalized spacial score (nSPS) is 20.6. The van der Waals surface area contributed by atoms with E-state index in [2.05, 4.69) is 15.4 Å². The molecule has 1 amide bonds. The maximum absolute atomic E-state index is 12.4. The van der Waals surface area contributed by atoms with Gasteiger partial charge in [0.15, 0.2) is 0 Å². The third-order valence-electron chi connectivity index (χ3n) is 4.23. The molecule has 0 bridgehead atoms. The average Bonchev–Trinajstić information content (AvgIpc) is 3.06. The Kier molecular flexibility index (Phi) is 5.10. The van der Waals surface area contributed by atoms with Crippen molar-refractivity contribution in [3.63, 3.8) is 0 Å². The van der Waals surface area contributed by atoms with Crippen LogP contribution in [0.15, 0.2) is 30.7 Å². The Morgan fingerprint density at radius 1 is 1.54 bits per heavy atom. The molecule has 0 aliphatic carbocycles. The number of aromatic nitrogens is 3. The van der Waals surface area contributed by atoms with E-state index in [1.54, 1.807) is 23.0 Å². The van der Waals surface area contributed by atoms with Crippen molar-refractivity contribution in [3.05, 3.63) is 41.9 Å². The summed E-state index contributed by atoms with van der Waals surface area (Å²) in [5.74, 6) is 0.365. The van der Waals surface area contributed by atoms with E-state index in [1.165, 1.54) is 7.11 Å². The highest BCUT2D eigenvalue weighted by molar-refractivity contribution is 5.96. The highest BCUT2D eigenvalue weighted by Crippen LogP contribution is 2.33. The summed E-state index contributed by atoms with van der Waals surface area (Å²) >= 11 is 0. The van der Waals surface area contributed by atoms with Gasteiger partial charge >= 0.3 is 0 Å². The van der Waals surface area contributed by atoms with E-state index in [-0.39, 0.29) is 17.9 Å². The van der Waals surface area contributed by atoms with Crippen LogP contribution in [0.5, 0.6) is 5.88 Å². The van der Waals surface area contributed by atoms with Gasteiger partial charge in [-0.3, -0.25) is 9.48 Å². The number of pyridine rings is 1. The summed E-state index contributed by atoms with van der Waals surface area (Å²) in [6.45, 7) is 1.27. The Morgan fingerprint density at radius 2 is 2.42 bits per heavy atom. The first-order chi connectivity index (χ1) is 11.7. The molecule has 0 saturated carbocycles. The van der Waals surface area contributed by atoms with Gasteiger partial charge in [-0.05, 0) is 25.0 Å². The van der Waals surface area contributed by atoms with Crippen LogP contribution in [0.1, 0.15) is 34.9 Å². The molecule has 0 radical (unpaired) electrons. The summed E-state index contributed by atoms with van der Waals surface area (Å²) in [5, 5.41) is 7.20. The van der Waals surface area contributed by atoms with Crippen molar-refractivity contribution in [2.75, 3.05) is 20.3 Å². The zero-order chi connectivity index (χ0) is 16.9. The summed E-state index contributed by atoms with van der Waals surface area (Å²) in [7, 11) is 3.39. The van der Waals surface area contributed by atoms with E-state index in [0.29, 0.717) is 18.0 Å². The molecule has 2 atom stereocenters. The SMILES string of the molecule is COc1ncccc1C(=O)NC[C@@H]1CCCO[C@H]1c1cnn(C)c1. The highest BCUT2D eigenvalue weighted by atomic mass is 16.5. The van der Waals surface area contributed by atoms with Gasteiger partial charge in [-0.25, -0.2) is 4.98 Å². The number of aryl methyl sites for hydroxylation is 1. The van der Waals surface area contributed by atoms with Crippen molar-refractivity contribution in [1.82, 2.24) is 20.1 Å². The van der Waals surface area contributed by atoms with Crippen molar-refractivity contribution in [1.29, 1.82) is 0 Å². The van der Waals surface area contributed by atoms with E-state index in [1.807, 2.05) is 19.4 Å². The number of nitrogens with zero attached hydrogens (tertiary/aromatic N) is 3. The van der Waals surface area contributed by atoms with Crippen LogP contribution in [0.3, 0.4) is 0 Å². The van der Waals surface area contributed by atoms with E-state index in [4.69, 9.17) is 9.47 Å².